The van der Waals surface area contributed by atoms with Gasteiger partial charge in [-0.25, -0.2) is 9.18 Å². The molecular weight excluding hydrogens is 283 g/mol. The number of piperidine rings is 1. The number of nitrogens with one attached hydrogen (secondary N) is 1. The normalized spacial score (nSPS) is 25.3. The standard InChI is InChI=1S/C17H23FN2O2/c1-11-8-13(18)4-5-15(11)20-7-6-14(9-16(20)17(21)22)19-10-12-2-3-12/h4-5,8,12,14,16,19H,2-3,6-7,9-10H2,1H3,(H,21,22). The van der Waals surface area contributed by atoms with Crippen molar-refractivity contribution in [1.82, 2.24) is 5.32 Å². The highest BCUT2D eigenvalue weighted by atomic mass is 19.1. The fourth-order valence-corrected chi connectivity index (χ4v) is 3.27. The maximum atomic E-state index is 13.3. The number of aryl methyl sites for hydroxylation is 1. The van der Waals surface area contributed by atoms with Gasteiger partial charge in [0.05, 0.1) is 0 Å². The predicted molar refractivity (Wildman–Crippen MR) is 83.7 cm³/mol. The first-order valence-electron chi connectivity index (χ1n) is 8.03. The number of hydrogen-bond donors (Lipinski definition) is 2. The Balaban J connectivity index is 1.71. The Morgan fingerprint density at radius 2 is 2.18 bits per heavy atom. The van der Waals surface area contributed by atoms with Crippen LogP contribution >= 0.6 is 0 Å². The number of carboxylic acid groups (broad SMARTS) is 1. The van der Waals surface area contributed by atoms with E-state index in [2.05, 4.69) is 5.32 Å². The first-order valence-corrected chi connectivity index (χ1v) is 8.03. The molecule has 4 nitrogen and oxygen atoms in total. The number of anilines is 1. The van der Waals surface area contributed by atoms with Crippen LogP contribution in [0.2, 0.25) is 0 Å². The van der Waals surface area contributed by atoms with E-state index < -0.39 is 12.0 Å². The van der Waals surface area contributed by atoms with E-state index >= 15 is 0 Å². The molecule has 1 heterocycles. The molecule has 5 heteroatoms. The summed E-state index contributed by atoms with van der Waals surface area (Å²) >= 11 is 0. The van der Waals surface area contributed by atoms with Crippen LogP contribution in [0.4, 0.5) is 10.1 Å². The smallest absolute Gasteiger partial charge is 0.326 e. The van der Waals surface area contributed by atoms with E-state index in [1.54, 1.807) is 6.07 Å². The molecule has 0 radical (unpaired) electrons. The van der Waals surface area contributed by atoms with Crippen LogP contribution in [-0.4, -0.2) is 36.2 Å². The Kier molecular flexibility index (Phi) is 4.34. The van der Waals surface area contributed by atoms with E-state index in [1.807, 2.05) is 11.8 Å². The van der Waals surface area contributed by atoms with Crippen molar-refractivity contribution in [2.24, 2.45) is 5.92 Å². The topological polar surface area (TPSA) is 52.6 Å². The van der Waals surface area contributed by atoms with E-state index in [0.29, 0.717) is 13.0 Å². The van der Waals surface area contributed by atoms with Crippen molar-refractivity contribution < 1.29 is 14.3 Å². The second kappa shape index (κ2) is 6.24. The molecule has 0 spiro atoms. The molecule has 3 rings (SSSR count). The largest absolute Gasteiger partial charge is 0.480 e. The van der Waals surface area contributed by atoms with E-state index in [4.69, 9.17) is 0 Å². The number of aliphatic carboxylic acids is 1. The van der Waals surface area contributed by atoms with Crippen molar-refractivity contribution in [2.45, 2.75) is 44.7 Å². The van der Waals surface area contributed by atoms with E-state index in [1.165, 1.54) is 25.0 Å². The number of hydrogen-bond acceptors (Lipinski definition) is 3. The number of nitrogens with zero attached hydrogens (tertiary/aromatic N) is 1. The van der Waals surface area contributed by atoms with Gasteiger partial charge < -0.3 is 15.3 Å². The molecule has 0 aromatic heterocycles. The Morgan fingerprint density at radius 1 is 1.41 bits per heavy atom. The monoisotopic (exact) mass is 306 g/mol. The van der Waals surface area contributed by atoms with Gasteiger partial charge in [-0.15, -0.1) is 0 Å². The van der Waals surface area contributed by atoms with Crippen molar-refractivity contribution in [2.75, 3.05) is 18.0 Å². The average molecular weight is 306 g/mol. The second-order valence-electron chi connectivity index (χ2n) is 6.55. The minimum absolute atomic E-state index is 0.263. The van der Waals surface area contributed by atoms with Gasteiger partial charge in [0, 0.05) is 18.3 Å². The molecule has 1 aliphatic carbocycles. The van der Waals surface area contributed by atoms with Gasteiger partial charge in [0.1, 0.15) is 11.9 Å². The molecule has 2 atom stereocenters. The SMILES string of the molecule is Cc1cc(F)ccc1N1CCC(NCC2CC2)CC1C(=O)O. The van der Waals surface area contributed by atoms with Crippen molar-refractivity contribution in [3.8, 4) is 0 Å². The molecule has 2 fully saturated rings. The number of benzene rings is 1. The van der Waals surface area contributed by atoms with Crippen LogP contribution in [0.15, 0.2) is 18.2 Å². The minimum atomic E-state index is -0.804. The third-order valence-corrected chi connectivity index (χ3v) is 4.75. The molecule has 2 N–H and O–H groups in total. The third kappa shape index (κ3) is 3.40. The minimum Gasteiger partial charge on any atom is -0.480 e. The first-order chi connectivity index (χ1) is 10.5. The molecule has 1 saturated heterocycles. The summed E-state index contributed by atoms with van der Waals surface area (Å²) in [4.78, 5) is 13.6. The molecule has 120 valence electrons. The molecule has 0 amide bonds. The zero-order chi connectivity index (χ0) is 15.7. The zero-order valence-corrected chi connectivity index (χ0v) is 12.9. The van der Waals surface area contributed by atoms with E-state index in [-0.39, 0.29) is 11.9 Å². The quantitative estimate of drug-likeness (QED) is 0.878. The predicted octanol–water partition coefficient (Wildman–Crippen LogP) is 2.56. The van der Waals surface area contributed by atoms with Gasteiger partial charge in [0.25, 0.3) is 0 Å². The fourth-order valence-electron chi connectivity index (χ4n) is 3.27. The molecule has 22 heavy (non-hydrogen) atoms. The average Bonchev–Trinajstić information content (AvgIpc) is 3.29. The number of halogens is 1. The van der Waals surface area contributed by atoms with Crippen molar-refractivity contribution >= 4 is 11.7 Å². The van der Waals surface area contributed by atoms with Gasteiger partial charge in [-0.1, -0.05) is 0 Å². The molecule has 1 aliphatic heterocycles. The van der Waals surface area contributed by atoms with Crippen LogP contribution in [0.25, 0.3) is 0 Å². The maximum absolute atomic E-state index is 13.3. The van der Waals surface area contributed by atoms with Crippen LogP contribution in [0.5, 0.6) is 0 Å². The Bertz CT molecular complexity index is 560. The maximum Gasteiger partial charge on any atom is 0.326 e. The molecule has 2 aliphatic rings. The summed E-state index contributed by atoms with van der Waals surface area (Å²) in [6, 6.07) is 4.27. The van der Waals surface area contributed by atoms with Crippen LogP contribution < -0.4 is 10.2 Å². The number of carboxylic acids is 1. The Morgan fingerprint density at radius 3 is 2.82 bits per heavy atom. The molecule has 1 aromatic rings. The zero-order valence-electron chi connectivity index (χ0n) is 12.9. The molecule has 0 bridgehead atoms. The van der Waals surface area contributed by atoms with Gasteiger partial charge >= 0.3 is 5.97 Å². The summed E-state index contributed by atoms with van der Waals surface area (Å²) in [6.45, 7) is 3.52. The van der Waals surface area contributed by atoms with E-state index in [9.17, 15) is 14.3 Å². The lowest BCUT2D eigenvalue weighted by molar-refractivity contribution is -0.139. The highest BCUT2D eigenvalue weighted by Gasteiger charge is 2.34. The summed E-state index contributed by atoms with van der Waals surface area (Å²) in [6.07, 6.45) is 4.11. The molecular formula is C17H23FN2O2. The van der Waals surface area contributed by atoms with Gasteiger partial charge in [0.15, 0.2) is 0 Å². The third-order valence-electron chi connectivity index (χ3n) is 4.75. The molecule has 2 unspecified atom stereocenters. The highest BCUT2D eigenvalue weighted by molar-refractivity contribution is 5.79. The van der Waals surface area contributed by atoms with Crippen LogP contribution in [-0.2, 0) is 4.79 Å². The van der Waals surface area contributed by atoms with Crippen molar-refractivity contribution in [3.05, 3.63) is 29.6 Å². The first kappa shape index (κ1) is 15.3. The lowest BCUT2D eigenvalue weighted by atomic mass is 9.95. The van der Waals surface area contributed by atoms with Crippen LogP contribution in [0.3, 0.4) is 0 Å². The van der Waals surface area contributed by atoms with Gasteiger partial charge in [0.2, 0.25) is 0 Å². The number of rotatable bonds is 5. The summed E-state index contributed by atoms with van der Waals surface area (Å²) < 4.78 is 13.3. The molecule has 1 aromatic carbocycles. The summed E-state index contributed by atoms with van der Waals surface area (Å²) in [5.74, 6) is -0.295. The Hall–Kier alpha value is -1.62. The van der Waals surface area contributed by atoms with Crippen LogP contribution in [0.1, 0.15) is 31.2 Å². The summed E-state index contributed by atoms with van der Waals surface area (Å²) in [7, 11) is 0. The van der Waals surface area contributed by atoms with Gasteiger partial charge in [-0.05, 0) is 68.8 Å². The second-order valence-corrected chi connectivity index (χ2v) is 6.55. The van der Waals surface area contributed by atoms with Crippen molar-refractivity contribution in [3.63, 3.8) is 0 Å². The van der Waals surface area contributed by atoms with Gasteiger partial charge in [-0.2, -0.15) is 0 Å². The van der Waals surface area contributed by atoms with Crippen molar-refractivity contribution in [1.29, 1.82) is 0 Å². The van der Waals surface area contributed by atoms with Crippen LogP contribution in [0, 0.1) is 18.7 Å². The number of carbonyl (C=O) groups is 1. The summed E-state index contributed by atoms with van der Waals surface area (Å²) in [5, 5.41) is 13.1. The highest BCUT2D eigenvalue weighted by Crippen LogP contribution is 2.30. The lowest BCUT2D eigenvalue weighted by Gasteiger charge is -2.39. The molecule has 1 saturated carbocycles. The van der Waals surface area contributed by atoms with Gasteiger partial charge in [-0.3, -0.25) is 0 Å². The van der Waals surface area contributed by atoms with E-state index in [0.717, 1.165) is 30.1 Å². The Labute approximate surface area is 130 Å². The lowest BCUT2D eigenvalue weighted by Crippen LogP contribution is -2.52. The summed E-state index contributed by atoms with van der Waals surface area (Å²) in [5.41, 5.74) is 1.62. The fraction of sp³-hybridized carbons (Fsp3) is 0.588.